The molecule has 1 heterocycles. The summed E-state index contributed by atoms with van der Waals surface area (Å²) in [5, 5.41) is 20.2. The summed E-state index contributed by atoms with van der Waals surface area (Å²) in [4.78, 5) is 0. The molecule has 3 heteroatoms. The second kappa shape index (κ2) is 1.94. The van der Waals surface area contributed by atoms with E-state index in [4.69, 9.17) is 5.11 Å². The first kappa shape index (κ1) is 6.99. The number of rotatable bonds is 0. The van der Waals surface area contributed by atoms with Gasteiger partial charge in [0.2, 0.25) is 0 Å². The smallest absolute Gasteiger partial charge is 0.111 e. The summed E-state index contributed by atoms with van der Waals surface area (Å²) in [6.07, 6.45) is -0.382. The SMILES string of the molecule is C[C@@H]1C[N+](C)([O-])C[C@@H]1O. The van der Waals surface area contributed by atoms with Crippen LogP contribution in [0.25, 0.3) is 0 Å². The van der Waals surface area contributed by atoms with Gasteiger partial charge in [-0.2, -0.15) is 0 Å². The molecule has 0 radical (unpaired) electrons. The lowest BCUT2D eigenvalue weighted by molar-refractivity contribution is -0.850. The molecule has 54 valence electrons. The molecule has 1 aliphatic rings. The lowest BCUT2D eigenvalue weighted by atomic mass is 10.1. The topological polar surface area (TPSA) is 43.3 Å². The number of aliphatic hydroxyl groups is 1. The molecule has 0 amide bonds. The number of quaternary nitrogens is 1. The Kier molecular flexibility index (Phi) is 1.50. The highest BCUT2D eigenvalue weighted by Gasteiger charge is 2.33. The summed E-state index contributed by atoms with van der Waals surface area (Å²) in [6.45, 7) is 2.83. The molecule has 1 unspecified atom stereocenters. The summed E-state index contributed by atoms with van der Waals surface area (Å²) < 4.78 is -0.275. The fourth-order valence-corrected chi connectivity index (χ4v) is 1.38. The van der Waals surface area contributed by atoms with Crippen molar-refractivity contribution in [2.75, 3.05) is 20.1 Å². The molecule has 1 aliphatic heterocycles. The van der Waals surface area contributed by atoms with Crippen molar-refractivity contribution in [3.05, 3.63) is 5.21 Å². The molecule has 3 nitrogen and oxygen atoms in total. The quantitative estimate of drug-likeness (QED) is 0.370. The van der Waals surface area contributed by atoms with Crippen LogP contribution in [0, 0.1) is 11.1 Å². The molecule has 1 rings (SSSR count). The highest BCUT2D eigenvalue weighted by atomic mass is 16.5. The first-order valence-corrected chi connectivity index (χ1v) is 3.25. The van der Waals surface area contributed by atoms with E-state index in [1.54, 1.807) is 7.05 Å². The van der Waals surface area contributed by atoms with Gasteiger partial charge in [0.25, 0.3) is 0 Å². The molecule has 0 aromatic rings. The second-order valence-electron chi connectivity index (χ2n) is 3.21. The van der Waals surface area contributed by atoms with Crippen molar-refractivity contribution in [2.24, 2.45) is 5.92 Å². The standard InChI is InChI=1S/C6H13NO2/c1-5-3-7(2,9)4-6(5)8/h5-6,8H,3-4H2,1-2H3/t5-,6+,7?/m1/s1. The van der Waals surface area contributed by atoms with Crippen LogP contribution in [0.15, 0.2) is 0 Å². The summed E-state index contributed by atoms with van der Waals surface area (Å²) >= 11 is 0. The largest absolute Gasteiger partial charge is 0.633 e. The summed E-state index contributed by atoms with van der Waals surface area (Å²) in [5.41, 5.74) is 0. The Morgan fingerprint density at radius 3 is 2.22 bits per heavy atom. The third kappa shape index (κ3) is 1.41. The molecule has 0 aromatic heterocycles. The van der Waals surface area contributed by atoms with E-state index in [0.717, 1.165) is 0 Å². The van der Waals surface area contributed by atoms with Crippen molar-refractivity contribution < 1.29 is 9.75 Å². The van der Waals surface area contributed by atoms with Crippen LogP contribution in [0.2, 0.25) is 0 Å². The number of hydrogen-bond acceptors (Lipinski definition) is 2. The van der Waals surface area contributed by atoms with Gasteiger partial charge in [0, 0.05) is 5.92 Å². The van der Waals surface area contributed by atoms with Gasteiger partial charge in [0.05, 0.1) is 13.6 Å². The Balaban J connectivity index is 2.54. The van der Waals surface area contributed by atoms with Gasteiger partial charge in [0.1, 0.15) is 12.6 Å². The Morgan fingerprint density at radius 1 is 1.56 bits per heavy atom. The molecule has 0 aromatic carbocycles. The van der Waals surface area contributed by atoms with Crippen molar-refractivity contribution in [3.8, 4) is 0 Å². The maximum absolute atomic E-state index is 11.1. The zero-order valence-electron chi connectivity index (χ0n) is 5.87. The fourth-order valence-electron chi connectivity index (χ4n) is 1.38. The van der Waals surface area contributed by atoms with Crippen LogP contribution >= 0.6 is 0 Å². The van der Waals surface area contributed by atoms with Gasteiger partial charge >= 0.3 is 0 Å². The van der Waals surface area contributed by atoms with E-state index < -0.39 is 0 Å². The van der Waals surface area contributed by atoms with Crippen LogP contribution in [0.4, 0.5) is 0 Å². The number of hydrogen-bond donors (Lipinski definition) is 1. The van der Waals surface area contributed by atoms with Gasteiger partial charge in [-0.15, -0.1) is 0 Å². The molecular formula is C6H13NO2. The van der Waals surface area contributed by atoms with Crippen LogP contribution in [0.5, 0.6) is 0 Å². The minimum Gasteiger partial charge on any atom is -0.633 e. The first-order chi connectivity index (χ1) is 4.01. The second-order valence-corrected chi connectivity index (χ2v) is 3.21. The number of aliphatic hydroxyl groups excluding tert-OH is 1. The molecule has 3 atom stereocenters. The Labute approximate surface area is 55.1 Å². The van der Waals surface area contributed by atoms with Crippen LogP contribution in [-0.4, -0.2) is 36.0 Å². The fraction of sp³-hybridized carbons (Fsp3) is 1.00. The third-order valence-corrected chi connectivity index (χ3v) is 1.90. The van der Waals surface area contributed by atoms with E-state index in [1.807, 2.05) is 6.92 Å². The lowest BCUT2D eigenvalue weighted by Gasteiger charge is -2.33. The zero-order valence-corrected chi connectivity index (χ0v) is 5.87. The molecular weight excluding hydrogens is 118 g/mol. The van der Waals surface area contributed by atoms with Gasteiger partial charge < -0.3 is 15.0 Å². The van der Waals surface area contributed by atoms with Crippen molar-refractivity contribution in [3.63, 3.8) is 0 Å². The highest BCUT2D eigenvalue weighted by molar-refractivity contribution is 4.70. The zero-order chi connectivity index (χ0) is 7.07. The number of likely N-dealkylation sites (tertiary alicyclic amines) is 1. The molecule has 1 saturated heterocycles. The Bertz CT molecular complexity index is 102. The van der Waals surface area contributed by atoms with Crippen LogP contribution < -0.4 is 0 Å². The van der Waals surface area contributed by atoms with E-state index in [1.165, 1.54) is 0 Å². The predicted octanol–water partition coefficient (Wildman–Crippen LogP) is -0.0586. The summed E-state index contributed by atoms with van der Waals surface area (Å²) in [6, 6.07) is 0. The molecule has 0 aliphatic carbocycles. The minimum atomic E-state index is -0.382. The van der Waals surface area contributed by atoms with Crippen LogP contribution in [-0.2, 0) is 0 Å². The van der Waals surface area contributed by atoms with E-state index in [2.05, 4.69) is 0 Å². The van der Waals surface area contributed by atoms with Gasteiger partial charge in [-0.3, -0.25) is 0 Å². The number of likely N-dealkylation sites (N-methyl/N-ethyl adjacent to an activating group) is 1. The van der Waals surface area contributed by atoms with Crippen LogP contribution in [0.1, 0.15) is 6.92 Å². The van der Waals surface area contributed by atoms with Gasteiger partial charge in [0.15, 0.2) is 0 Å². The maximum Gasteiger partial charge on any atom is 0.111 e. The third-order valence-electron chi connectivity index (χ3n) is 1.90. The van der Waals surface area contributed by atoms with E-state index in [9.17, 15) is 5.21 Å². The van der Waals surface area contributed by atoms with Gasteiger partial charge in [-0.05, 0) is 0 Å². The number of nitrogens with zero attached hydrogens (tertiary/aromatic N) is 1. The predicted molar refractivity (Wildman–Crippen MR) is 34.5 cm³/mol. The highest BCUT2D eigenvalue weighted by Crippen LogP contribution is 2.20. The molecule has 1 N–H and O–H groups in total. The first-order valence-electron chi connectivity index (χ1n) is 3.25. The molecule has 0 spiro atoms. The minimum absolute atomic E-state index is 0.174. The van der Waals surface area contributed by atoms with Gasteiger partial charge in [-0.1, -0.05) is 6.92 Å². The Hall–Kier alpha value is -0.120. The average molecular weight is 131 g/mol. The molecule has 9 heavy (non-hydrogen) atoms. The molecule has 1 fully saturated rings. The normalized spacial score (nSPS) is 52.0. The number of hydroxylamine groups is 3. The van der Waals surface area contributed by atoms with E-state index in [-0.39, 0.29) is 16.7 Å². The lowest BCUT2D eigenvalue weighted by Crippen LogP contribution is -2.35. The molecule has 0 bridgehead atoms. The van der Waals surface area contributed by atoms with Crippen molar-refractivity contribution in [1.29, 1.82) is 0 Å². The van der Waals surface area contributed by atoms with E-state index in [0.29, 0.717) is 13.1 Å². The van der Waals surface area contributed by atoms with Crippen molar-refractivity contribution >= 4 is 0 Å². The Morgan fingerprint density at radius 2 is 2.11 bits per heavy atom. The summed E-state index contributed by atoms with van der Waals surface area (Å²) in [5.74, 6) is 0.174. The van der Waals surface area contributed by atoms with Crippen molar-refractivity contribution in [2.45, 2.75) is 13.0 Å². The van der Waals surface area contributed by atoms with Crippen molar-refractivity contribution in [1.82, 2.24) is 0 Å². The van der Waals surface area contributed by atoms with Gasteiger partial charge in [-0.25, -0.2) is 0 Å². The monoisotopic (exact) mass is 131 g/mol. The maximum atomic E-state index is 11.1. The average Bonchev–Trinajstić information content (AvgIpc) is 1.79. The van der Waals surface area contributed by atoms with Crippen LogP contribution in [0.3, 0.4) is 0 Å². The van der Waals surface area contributed by atoms with E-state index >= 15 is 0 Å². The molecule has 0 saturated carbocycles. The summed E-state index contributed by atoms with van der Waals surface area (Å²) in [7, 11) is 1.60.